The first-order chi connectivity index (χ1) is 20.2. The molecule has 8 nitrogen and oxygen atoms in total. The van der Waals surface area contributed by atoms with Gasteiger partial charge in [-0.1, -0.05) is 84.9 Å². The summed E-state index contributed by atoms with van der Waals surface area (Å²) >= 11 is 0. The zero-order valence-corrected chi connectivity index (χ0v) is 30.3. The van der Waals surface area contributed by atoms with Crippen molar-refractivity contribution in [3.8, 4) is 0 Å². The van der Waals surface area contributed by atoms with Crippen molar-refractivity contribution < 1.29 is 37.8 Å². The van der Waals surface area contributed by atoms with Crippen LogP contribution in [-0.2, 0) is 23.1 Å². The van der Waals surface area contributed by atoms with Crippen LogP contribution in [0.15, 0.2) is 60.7 Å². The highest BCUT2D eigenvalue weighted by atomic mass is 28.4. The zero-order chi connectivity index (χ0) is 33.5. The fourth-order valence-electron chi connectivity index (χ4n) is 3.68. The summed E-state index contributed by atoms with van der Waals surface area (Å²) < 4.78 is 24.3. The number of hydrogen-bond acceptors (Lipinski definition) is 8. The molecule has 4 atom stereocenters. The number of ketones is 1. The lowest BCUT2D eigenvalue weighted by molar-refractivity contribution is -0.145. The fraction of sp³-hybridized carbons (Fsp3) is 0.559. The minimum atomic E-state index is -2.64. The number of rotatable bonds is 14. The van der Waals surface area contributed by atoms with Crippen molar-refractivity contribution in [3.63, 3.8) is 0 Å². The van der Waals surface area contributed by atoms with E-state index in [2.05, 4.69) is 33.9 Å². The summed E-state index contributed by atoms with van der Waals surface area (Å²) in [4.78, 5) is 40.2. The molecule has 0 heterocycles. The van der Waals surface area contributed by atoms with E-state index in [4.69, 9.17) is 18.3 Å². The largest absolute Gasteiger partial charge is 0.462 e. The topological polar surface area (TPSA) is 108 Å². The monoisotopic (exact) mass is 644 g/mol. The van der Waals surface area contributed by atoms with Gasteiger partial charge in [-0.2, -0.15) is 0 Å². The standard InChI is InChI=1S/C34H52O8Si2/c1-24(22-39-31(37)25-18-14-12-15-19-25)28(35)30(42-44(10,11)34(5,6)7)29(36)27(23-40-43(8,9)33(2,3)4)41-32(38)26-20-16-13-17-21-26/h12-21,24,27-28,30,35H,22-23H2,1-11H3/t24-,27-,28+,30+/m0/s1. The summed E-state index contributed by atoms with van der Waals surface area (Å²) in [7, 11) is -4.99. The normalized spacial score (nSPS) is 15.5. The van der Waals surface area contributed by atoms with Gasteiger partial charge in [0.25, 0.3) is 0 Å². The Labute approximate surface area is 265 Å². The van der Waals surface area contributed by atoms with Gasteiger partial charge in [-0.25, -0.2) is 9.59 Å². The van der Waals surface area contributed by atoms with Crippen LogP contribution in [0.25, 0.3) is 0 Å². The molecule has 44 heavy (non-hydrogen) atoms. The Bertz CT molecular complexity index is 1230. The van der Waals surface area contributed by atoms with E-state index in [1.165, 1.54) is 0 Å². The number of aliphatic hydroxyl groups is 1. The smallest absolute Gasteiger partial charge is 0.338 e. The predicted octanol–water partition coefficient (Wildman–Crippen LogP) is 7.05. The number of Topliss-reactive ketones (excluding diaryl/α,β-unsaturated/α-hetero) is 1. The maximum atomic E-state index is 14.4. The van der Waals surface area contributed by atoms with Gasteiger partial charge in [-0.3, -0.25) is 4.79 Å². The fourth-order valence-corrected chi connectivity index (χ4v) is 5.93. The summed E-state index contributed by atoms with van der Waals surface area (Å²) in [6.07, 6.45) is -4.04. The van der Waals surface area contributed by atoms with Crippen molar-refractivity contribution in [2.24, 2.45) is 5.92 Å². The third kappa shape index (κ3) is 10.2. The average molecular weight is 645 g/mol. The average Bonchev–Trinajstić information content (AvgIpc) is 2.95. The van der Waals surface area contributed by atoms with E-state index >= 15 is 0 Å². The lowest BCUT2D eigenvalue weighted by atomic mass is 9.95. The predicted molar refractivity (Wildman–Crippen MR) is 178 cm³/mol. The Morgan fingerprint density at radius 1 is 0.727 bits per heavy atom. The van der Waals surface area contributed by atoms with E-state index in [1.807, 2.05) is 33.9 Å². The number of hydrogen-bond donors (Lipinski definition) is 1. The van der Waals surface area contributed by atoms with Crippen LogP contribution in [0.5, 0.6) is 0 Å². The van der Waals surface area contributed by atoms with Gasteiger partial charge < -0.3 is 23.4 Å². The van der Waals surface area contributed by atoms with Gasteiger partial charge >= 0.3 is 11.9 Å². The molecule has 0 aliphatic carbocycles. The third-order valence-corrected chi connectivity index (χ3v) is 17.8. The van der Waals surface area contributed by atoms with Crippen molar-refractivity contribution in [2.75, 3.05) is 13.2 Å². The Hall–Kier alpha value is -2.64. The number of carbonyl (C=O) groups excluding carboxylic acids is 3. The van der Waals surface area contributed by atoms with Gasteiger partial charge in [0.05, 0.1) is 30.4 Å². The van der Waals surface area contributed by atoms with E-state index in [1.54, 1.807) is 67.6 Å². The number of ether oxygens (including phenoxy) is 2. The van der Waals surface area contributed by atoms with Gasteiger partial charge in [0.15, 0.2) is 22.7 Å². The van der Waals surface area contributed by atoms with Crippen LogP contribution in [-0.4, -0.2) is 71.0 Å². The highest BCUT2D eigenvalue weighted by molar-refractivity contribution is 6.74. The first kappa shape index (κ1) is 37.6. The molecule has 0 amide bonds. The van der Waals surface area contributed by atoms with Gasteiger partial charge in [0.1, 0.15) is 6.10 Å². The minimum absolute atomic E-state index is 0.144. The summed E-state index contributed by atoms with van der Waals surface area (Å²) in [5.74, 6) is -2.47. The first-order valence-corrected chi connectivity index (χ1v) is 21.0. The summed E-state index contributed by atoms with van der Waals surface area (Å²) in [5, 5.41) is 11.2. The summed E-state index contributed by atoms with van der Waals surface area (Å²) in [6.45, 7) is 21.8. The van der Waals surface area contributed by atoms with Crippen LogP contribution in [0.4, 0.5) is 0 Å². The molecule has 2 aromatic rings. The van der Waals surface area contributed by atoms with Gasteiger partial charge in [-0.05, 0) is 60.5 Å². The maximum Gasteiger partial charge on any atom is 0.338 e. The third-order valence-electron chi connectivity index (χ3n) is 8.87. The molecule has 0 aromatic heterocycles. The van der Waals surface area contributed by atoms with Crippen LogP contribution >= 0.6 is 0 Å². The Kier molecular flexibility index (Phi) is 12.9. The summed E-state index contributed by atoms with van der Waals surface area (Å²) in [6, 6.07) is 17.0. The van der Waals surface area contributed by atoms with Crippen LogP contribution < -0.4 is 0 Å². The molecule has 1 N–H and O–H groups in total. The molecule has 10 heteroatoms. The van der Waals surface area contributed by atoms with Crippen molar-refractivity contribution in [2.45, 2.75) is 103 Å². The molecule has 0 aliphatic heterocycles. The molecule has 0 spiro atoms. The highest BCUT2D eigenvalue weighted by Gasteiger charge is 2.47. The Balaban J connectivity index is 2.42. The lowest BCUT2D eigenvalue weighted by Crippen LogP contribution is -2.55. The van der Waals surface area contributed by atoms with Crippen LogP contribution in [0.2, 0.25) is 36.3 Å². The second-order valence-corrected chi connectivity index (χ2v) is 24.0. The molecule has 0 aliphatic rings. The van der Waals surface area contributed by atoms with Crippen molar-refractivity contribution in [1.29, 1.82) is 0 Å². The van der Waals surface area contributed by atoms with E-state index in [0.29, 0.717) is 11.1 Å². The Morgan fingerprint density at radius 2 is 1.18 bits per heavy atom. The highest BCUT2D eigenvalue weighted by Crippen LogP contribution is 2.39. The molecule has 0 unspecified atom stereocenters. The molecule has 0 radical (unpaired) electrons. The second-order valence-electron chi connectivity index (χ2n) is 14.5. The lowest BCUT2D eigenvalue weighted by Gasteiger charge is -2.42. The number of aliphatic hydroxyl groups excluding tert-OH is 1. The molecular formula is C34H52O8Si2. The number of carbonyl (C=O) groups is 3. The molecule has 244 valence electrons. The molecule has 0 fully saturated rings. The van der Waals surface area contributed by atoms with Crippen LogP contribution in [0, 0.1) is 5.92 Å². The molecule has 0 saturated heterocycles. The minimum Gasteiger partial charge on any atom is -0.462 e. The van der Waals surface area contributed by atoms with Crippen LogP contribution in [0.1, 0.15) is 69.2 Å². The molecule has 0 saturated carbocycles. The molecule has 2 aromatic carbocycles. The van der Waals surface area contributed by atoms with E-state index < -0.39 is 58.6 Å². The van der Waals surface area contributed by atoms with Gasteiger partial charge in [0.2, 0.25) is 5.78 Å². The van der Waals surface area contributed by atoms with Crippen molar-refractivity contribution >= 4 is 34.4 Å². The first-order valence-electron chi connectivity index (χ1n) is 15.2. The Morgan fingerprint density at radius 3 is 1.64 bits per heavy atom. The van der Waals surface area contributed by atoms with Gasteiger partial charge in [-0.15, -0.1) is 0 Å². The number of benzene rings is 2. The quantitative estimate of drug-likeness (QED) is 0.172. The van der Waals surface area contributed by atoms with E-state index in [0.717, 1.165) is 0 Å². The maximum absolute atomic E-state index is 14.4. The molecule has 0 bridgehead atoms. The van der Waals surface area contributed by atoms with Crippen LogP contribution in [0.3, 0.4) is 0 Å². The number of esters is 2. The zero-order valence-electron chi connectivity index (χ0n) is 28.3. The van der Waals surface area contributed by atoms with Crippen molar-refractivity contribution in [3.05, 3.63) is 71.8 Å². The molecule has 2 rings (SSSR count). The van der Waals surface area contributed by atoms with Crippen molar-refractivity contribution in [1.82, 2.24) is 0 Å². The summed E-state index contributed by atoms with van der Waals surface area (Å²) in [5.41, 5.74) is 0.677. The van der Waals surface area contributed by atoms with E-state index in [9.17, 15) is 19.5 Å². The van der Waals surface area contributed by atoms with Gasteiger partial charge in [0, 0.05) is 5.92 Å². The molecular weight excluding hydrogens is 593 g/mol. The van der Waals surface area contributed by atoms with E-state index in [-0.39, 0.29) is 23.3 Å². The second kappa shape index (κ2) is 15.1. The SMILES string of the molecule is C[C@@H](COC(=O)c1ccccc1)[C@@H](O)[C@@H](O[Si](C)(C)C(C)(C)C)C(=O)[C@H](CO[Si](C)(C)C(C)(C)C)OC(=O)c1ccccc1.